The van der Waals surface area contributed by atoms with Gasteiger partial charge >= 0.3 is 6.18 Å². The highest BCUT2D eigenvalue weighted by Crippen LogP contribution is 2.30. The molecular formula is C15H13F4N5. The maximum atomic E-state index is 13.4. The molecule has 0 aliphatic rings. The number of hydrogen-bond donors (Lipinski definition) is 1. The van der Waals surface area contributed by atoms with Gasteiger partial charge in [-0.1, -0.05) is 0 Å². The first-order chi connectivity index (χ1) is 11.4. The predicted molar refractivity (Wildman–Crippen MR) is 79.8 cm³/mol. The number of hydrogen-bond acceptors (Lipinski definition) is 4. The number of imidazole rings is 1. The Bertz CT molecular complexity index is 830. The van der Waals surface area contributed by atoms with Crippen LogP contribution < -0.4 is 5.32 Å². The molecule has 1 N–H and O–H groups in total. The molecule has 9 heteroatoms. The van der Waals surface area contributed by atoms with Gasteiger partial charge < -0.3 is 9.88 Å². The maximum Gasteiger partial charge on any atom is 0.451 e. The van der Waals surface area contributed by atoms with E-state index in [2.05, 4.69) is 20.3 Å². The Morgan fingerprint density at radius 3 is 2.71 bits per heavy atom. The lowest BCUT2D eigenvalue weighted by Crippen LogP contribution is -2.14. The number of aromatic nitrogens is 4. The summed E-state index contributed by atoms with van der Waals surface area (Å²) >= 11 is 0. The lowest BCUT2D eigenvalue weighted by Gasteiger charge is -2.12. The molecule has 24 heavy (non-hydrogen) atoms. The zero-order chi connectivity index (χ0) is 17.2. The van der Waals surface area contributed by atoms with Crippen molar-refractivity contribution in [3.8, 4) is 0 Å². The number of halogens is 4. The minimum Gasteiger partial charge on any atom is -0.369 e. The largest absolute Gasteiger partial charge is 0.451 e. The lowest BCUT2D eigenvalue weighted by molar-refractivity contribution is -0.144. The average Bonchev–Trinajstić information content (AvgIpc) is 3.03. The highest BCUT2D eigenvalue weighted by atomic mass is 19.4. The minimum absolute atomic E-state index is 0.0301. The number of rotatable bonds is 5. The van der Waals surface area contributed by atoms with Crippen LogP contribution in [0.5, 0.6) is 0 Å². The van der Waals surface area contributed by atoms with Gasteiger partial charge in [0, 0.05) is 30.9 Å². The van der Waals surface area contributed by atoms with Crippen LogP contribution in [0.3, 0.4) is 0 Å². The van der Waals surface area contributed by atoms with Crippen molar-refractivity contribution in [3.05, 3.63) is 48.6 Å². The number of nitrogens with one attached hydrogen (secondary N) is 1. The summed E-state index contributed by atoms with van der Waals surface area (Å²) < 4.78 is 54.0. The fourth-order valence-corrected chi connectivity index (χ4v) is 2.25. The van der Waals surface area contributed by atoms with Crippen molar-refractivity contribution in [1.29, 1.82) is 0 Å². The van der Waals surface area contributed by atoms with Crippen LogP contribution in [-0.4, -0.2) is 26.1 Å². The second kappa shape index (κ2) is 6.42. The van der Waals surface area contributed by atoms with E-state index in [9.17, 15) is 17.6 Å². The topological polar surface area (TPSA) is 55.6 Å². The molecule has 0 saturated heterocycles. The summed E-state index contributed by atoms with van der Waals surface area (Å²) in [5.41, 5.74) is 0.0378. The molecule has 5 nitrogen and oxygen atoms in total. The molecule has 3 aromatic rings. The number of aryl methyl sites for hydroxylation is 1. The molecule has 0 aliphatic heterocycles. The van der Waals surface area contributed by atoms with Gasteiger partial charge in [-0.15, -0.1) is 0 Å². The van der Waals surface area contributed by atoms with Gasteiger partial charge in [0.05, 0.1) is 11.8 Å². The van der Waals surface area contributed by atoms with Crippen LogP contribution >= 0.6 is 0 Å². The number of fused-ring (bicyclic) bond motifs is 1. The van der Waals surface area contributed by atoms with Crippen molar-refractivity contribution in [2.75, 3.05) is 11.9 Å². The van der Waals surface area contributed by atoms with Gasteiger partial charge in [-0.3, -0.25) is 0 Å². The minimum atomic E-state index is -4.67. The van der Waals surface area contributed by atoms with Gasteiger partial charge in [0.1, 0.15) is 11.6 Å². The number of benzene rings is 1. The van der Waals surface area contributed by atoms with E-state index < -0.39 is 17.8 Å². The second-order valence-electron chi connectivity index (χ2n) is 5.14. The standard InChI is InChI=1S/C15H13F4N5/c16-10-2-3-12-11(8-10)13(23-14(22-12)15(17,18)19)21-4-1-6-24-7-5-20-9-24/h2-3,5,7-9H,1,4,6H2,(H,21,22,23). The van der Waals surface area contributed by atoms with E-state index in [1.54, 1.807) is 18.7 Å². The van der Waals surface area contributed by atoms with Crippen LogP contribution in [0.4, 0.5) is 23.4 Å². The molecule has 0 unspecified atom stereocenters. The fraction of sp³-hybridized carbons (Fsp3) is 0.267. The van der Waals surface area contributed by atoms with Crippen molar-refractivity contribution in [2.45, 2.75) is 19.1 Å². The van der Waals surface area contributed by atoms with Gasteiger partial charge in [-0.05, 0) is 24.6 Å². The first-order valence-electron chi connectivity index (χ1n) is 7.17. The Kier molecular flexibility index (Phi) is 4.32. The summed E-state index contributed by atoms with van der Waals surface area (Å²) in [7, 11) is 0. The summed E-state index contributed by atoms with van der Waals surface area (Å²) in [5.74, 6) is -1.84. The van der Waals surface area contributed by atoms with Crippen LogP contribution in [0, 0.1) is 5.82 Å². The summed E-state index contributed by atoms with van der Waals surface area (Å²) in [6, 6.07) is 3.39. The van der Waals surface area contributed by atoms with E-state index in [-0.39, 0.29) is 16.7 Å². The molecule has 0 amide bonds. The Labute approximate surface area is 134 Å². The quantitative estimate of drug-likeness (QED) is 0.571. The molecule has 3 rings (SSSR count). The van der Waals surface area contributed by atoms with E-state index in [1.807, 2.05) is 4.57 Å². The highest BCUT2D eigenvalue weighted by molar-refractivity contribution is 5.89. The van der Waals surface area contributed by atoms with E-state index >= 15 is 0 Å². The van der Waals surface area contributed by atoms with Crippen LogP contribution in [0.25, 0.3) is 10.9 Å². The molecule has 2 aromatic heterocycles. The van der Waals surface area contributed by atoms with Gasteiger partial charge in [0.15, 0.2) is 0 Å². The number of alkyl halides is 3. The van der Waals surface area contributed by atoms with Crippen molar-refractivity contribution < 1.29 is 17.6 Å². The Morgan fingerprint density at radius 1 is 1.17 bits per heavy atom. The third kappa shape index (κ3) is 3.61. The third-order valence-electron chi connectivity index (χ3n) is 3.36. The number of nitrogens with zero attached hydrogens (tertiary/aromatic N) is 4. The van der Waals surface area contributed by atoms with E-state index in [1.165, 1.54) is 6.07 Å². The number of anilines is 1. The molecule has 1 aromatic carbocycles. The van der Waals surface area contributed by atoms with Crippen molar-refractivity contribution in [2.24, 2.45) is 0 Å². The smallest absolute Gasteiger partial charge is 0.369 e. The Morgan fingerprint density at radius 2 is 2.00 bits per heavy atom. The summed E-state index contributed by atoms with van der Waals surface area (Å²) in [4.78, 5) is 10.9. The maximum absolute atomic E-state index is 13.4. The molecule has 0 fully saturated rings. The molecule has 2 heterocycles. The molecule has 0 spiro atoms. The Hall–Kier alpha value is -2.71. The molecule has 0 radical (unpaired) electrons. The Balaban J connectivity index is 1.82. The van der Waals surface area contributed by atoms with Crippen LogP contribution in [0.15, 0.2) is 36.9 Å². The summed E-state index contributed by atoms with van der Waals surface area (Å²) in [6.07, 6.45) is 1.05. The fourth-order valence-electron chi connectivity index (χ4n) is 2.25. The average molecular weight is 339 g/mol. The predicted octanol–water partition coefficient (Wildman–Crippen LogP) is 3.49. The summed E-state index contributed by atoms with van der Waals surface area (Å²) in [5, 5.41) is 3.05. The van der Waals surface area contributed by atoms with Crippen LogP contribution in [0.2, 0.25) is 0 Å². The van der Waals surface area contributed by atoms with Crippen LogP contribution in [-0.2, 0) is 12.7 Å². The first-order valence-corrected chi connectivity index (χ1v) is 7.17. The van der Waals surface area contributed by atoms with E-state index in [4.69, 9.17) is 0 Å². The van der Waals surface area contributed by atoms with Crippen LogP contribution in [0.1, 0.15) is 12.2 Å². The van der Waals surface area contributed by atoms with Crippen molar-refractivity contribution in [3.63, 3.8) is 0 Å². The first kappa shape index (κ1) is 16.2. The summed E-state index contributed by atoms with van der Waals surface area (Å²) in [6.45, 7) is 1.02. The lowest BCUT2D eigenvalue weighted by atomic mass is 10.2. The second-order valence-corrected chi connectivity index (χ2v) is 5.14. The highest BCUT2D eigenvalue weighted by Gasteiger charge is 2.35. The monoisotopic (exact) mass is 339 g/mol. The molecule has 0 saturated carbocycles. The third-order valence-corrected chi connectivity index (χ3v) is 3.36. The molecule has 0 aliphatic carbocycles. The van der Waals surface area contributed by atoms with Gasteiger partial charge in [-0.2, -0.15) is 13.2 Å². The van der Waals surface area contributed by atoms with Crippen molar-refractivity contribution >= 4 is 16.7 Å². The molecule has 126 valence electrons. The normalized spacial score (nSPS) is 11.8. The molecule has 0 atom stereocenters. The van der Waals surface area contributed by atoms with Crippen molar-refractivity contribution in [1.82, 2.24) is 19.5 Å². The molecule has 0 bridgehead atoms. The molecular weight excluding hydrogens is 326 g/mol. The van der Waals surface area contributed by atoms with Gasteiger partial charge in [-0.25, -0.2) is 19.3 Å². The SMILES string of the molecule is Fc1ccc2nc(C(F)(F)F)nc(NCCCn3ccnc3)c2c1. The van der Waals surface area contributed by atoms with Gasteiger partial charge in [0.2, 0.25) is 5.82 Å². The van der Waals surface area contributed by atoms with E-state index in [0.29, 0.717) is 19.5 Å². The van der Waals surface area contributed by atoms with Gasteiger partial charge in [0.25, 0.3) is 0 Å². The zero-order valence-corrected chi connectivity index (χ0v) is 12.4. The van der Waals surface area contributed by atoms with E-state index in [0.717, 1.165) is 12.1 Å². The zero-order valence-electron chi connectivity index (χ0n) is 12.4.